The zero-order valence-electron chi connectivity index (χ0n) is 17.5. The number of sulfonamides is 1. The Kier molecular flexibility index (Phi) is 6.75. The number of hydrogen-bond donors (Lipinski definition) is 0. The van der Waals surface area contributed by atoms with Crippen molar-refractivity contribution in [3.63, 3.8) is 0 Å². The molecule has 1 saturated heterocycles. The lowest BCUT2D eigenvalue weighted by Crippen LogP contribution is -2.37. The van der Waals surface area contributed by atoms with Crippen LogP contribution in [-0.4, -0.2) is 42.7 Å². The van der Waals surface area contributed by atoms with Gasteiger partial charge in [-0.05, 0) is 56.9 Å². The minimum Gasteiger partial charge on any atom is -0.332 e. The van der Waals surface area contributed by atoms with E-state index in [4.69, 9.17) is 0 Å². The molecular formula is C23H30N2O3S. The molecule has 0 aromatic heterocycles. The molecule has 0 spiro atoms. The van der Waals surface area contributed by atoms with Crippen LogP contribution in [0.2, 0.25) is 0 Å². The van der Waals surface area contributed by atoms with Gasteiger partial charge >= 0.3 is 0 Å². The van der Waals surface area contributed by atoms with Crippen molar-refractivity contribution >= 4 is 15.9 Å². The lowest BCUT2D eigenvalue weighted by Gasteiger charge is -2.28. The van der Waals surface area contributed by atoms with Gasteiger partial charge in [0.05, 0.1) is 4.90 Å². The Morgan fingerprint density at radius 2 is 1.69 bits per heavy atom. The van der Waals surface area contributed by atoms with Gasteiger partial charge in [-0.25, -0.2) is 8.42 Å². The molecule has 2 aromatic carbocycles. The Labute approximate surface area is 174 Å². The average molecular weight is 415 g/mol. The molecule has 0 radical (unpaired) electrons. The number of rotatable bonds is 6. The predicted molar refractivity (Wildman–Crippen MR) is 115 cm³/mol. The van der Waals surface area contributed by atoms with Crippen LogP contribution in [0.1, 0.15) is 54.6 Å². The molecule has 0 bridgehead atoms. The van der Waals surface area contributed by atoms with Crippen LogP contribution in [0.3, 0.4) is 0 Å². The quantitative estimate of drug-likeness (QED) is 0.711. The van der Waals surface area contributed by atoms with Crippen LogP contribution in [0, 0.1) is 6.92 Å². The van der Waals surface area contributed by atoms with E-state index >= 15 is 0 Å². The molecule has 1 amide bonds. The van der Waals surface area contributed by atoms with Gasteiger partial charge in [-0.1, -0.05) is 42.8 Å². The number of hydrogen-bond acceptors (Lipinski definition) is 3. The first-order valence-electron chi connectivity index (χ1n) is 10.3. The van der Waals surface area contributed by atoms with E-state index in [2.05, 4.69) is 0 Å². The maximum atomic E-state index is 13.3. The second kappa shape index (κ2) is 9.09. The minimum absolute atomic E-state index is 0.00818. The van der Waals surface area contributed by atoms with E-state index in [9.17, 15) is 13.2 Å². The number of piperidine rings is 1. The summed E-state index contributed by atoms with van der Waals surface area (Å²) in [5.74, 6) is -0.154. The van der Waals surface area contributed by atoms with Crippen molar-refractivity contribution in [3.8, 4) is 0 Å². The van der Waals surface area contributed by atoms with Crippen LogP contribution in [0.15, 0.2) is 53.4 Å². The Balaban J connectivity index is 1.91. The highest BCUT2D eigenvalue weighted by Gasteiger charge is 2.29. The molecule has 29 heavy (non-hydrogen) atoms. The Hall–Kier alpha value is -2.18. The van der Waals surface area contributed by atoms with Crippen molar-refractivity contribution < 1.29 is 13.2 Å². The molecule has 1 fully saturated rings. The van der Waals surface area contributed by atoms with Crippen LogP contribution in [0.4, 0.5) is 0 Å². The maximum Gasteiger partial charge on any atom is 0.254 e. The van der Waals surface area contributed by atoms with Gasteiger partial charge in [-0.15, -0.1) is 0 Å². The predicted octanol–water partition coefficient (Wildman–Crippen LogP) is 4.22. The fraction of sp³-hybridized carbons (Fsp3) is 0.435. The van der Waals surface area contributed by atoms with Gasteiger partial charge in [0.25, 0.3) is 5.91 Å². The van der Waals surface area contributed by atoms with Crippen LogP contribution in [0.25, 0.3) is 0 Å². The van der Waals surface area contributed by atoms with E-state index in [0.717, 1.165) is 24.8 Å². The fourth-order valence-corrected chi connectivity index (χ4v) is 5.46. The fourth-order valence-electron chi connectivity index (χ4n) is 3.69. The van der Waals surface area contributed by atoms with Crippen LogP contribution >= 0.6 is 0 Å². The lowest BCUT2D eigenvalue weighted by molar-refractivity contribution is 0.0690. The largest absolute Gasteiger partial charge is 0.332 e. The van der Waals surface area contributed by atoms with E-state index < -0.39 is 10.0 Å². The van der Waals surface area contributed by atoms with Gasteiger partial charge in [0, 0.05) is 31.2 Å². The van der Waals surface area contributed by atoms with Crippen molar-refractivity contribution in [2.45, 2.75) is 57.5 Å². The molecule has 0 saturated carbocycles. The minimum atomic E-state index is -3.59. The third-order valence-electron chi connectivity index (χ3n) is 5.45. The molecular weight excluding hydrogens is 384 g/mol. The van der Waals surface area contributed by atoms with Crippen LogP contribution in [0.5, 0.6) is 0 Å². The highest BCUT2D eigenvalue weighted by Crippen LogP contribution is 2.25. The average Bonchev–Trinajstić information content (AvgIpc) is 2.73. The zero-order chi connectivity index (χ0) is 21.0. The smallest absolute Gasteiger partial charge is 0.254 e. The molecule has 6 heteroatoms. The summed E-state index contributed by atoms with van der Waals surface area (Å²) >= 11 is 0. The molecule has 0 unspecified atom stereocenters. The highest BCUT2D eigenvalue weighted by atomic mass is 32.2. The lowest BCUT2D eigenvalue weighted by atomic mass is 10.1. The van der Waals surface area contributed by atoms with Crippen molar-refractivity contribution in [1.82, 2.24) is 9.21 Å². The maximum absolute atomic E-state index is 13.3. The number of carbonyl (C=O) groups is 1. The van der Waals surface area contributed by atoms with E-state index in [1.807, 2.05) is 44.2 Å². The number of aryl methyl sites for hydroxylation is 1. The standard InChI is InChI=1S/C23H30N2O3S/c1-18(2)25(17-20-10-6-4-7-11-20)23(26)21-13-12-19(3)22(16-21)29(27,28)24-14-8-5-9-15-24/h4,6-7,10-13,16,18H,5,8-9,14-15,17H2,1-3H3. The number of amides is 1. The Bertz CT molecular complexity index is 949. The molecule has 5 nitrogen and oxygen atoms in total. The summed E-state index contributed by atoms with van der Waals surface area (Å²) < 4.78 is 27.9. The van der Waals surface area contributed by atoms with E-state index in [1.54, 1.807) is 34.3 Å². The van der Waals surface area contributed by atoms with Crippen molar-refractivity contribution in [3.05, 3.63) is 65.2 Å². The Morgan fingerprint density at radius 3 is 2.31 bits per heavy atom. The van der Waals surface area contributed by atoms with Crippen LogP contribution < -0.4 is 0 Å². The van der Waals surface area contributed by atoms with Gasteiger partial charge in [0.1, 0.15) is 0 Å². The van der Waals surface area contributed by atoms with Crippen molar-refractivity contribution in [2.75, 3.05) is 13.1 Å². The summed E-state index contributed by atoms with van der Waals surface area (Å²) in [4.78, 5) is 15.3. The SMILES string of the molecule is Cc1ccc(C(=O)N(Cc2ccccc2)C(C)C)cc1S(=O)(=O)N1CCCCC1. The van der Waals surface area contributed by atoms with E-state index in [-0.39, 0.29) is 16.8 Å². The summed E-state index contributed by atoms with van der Waals surface area (Å²) in [7, 11) is -3.59. The zero-order valence-corrected chi connectivity index (χ0v) is 18.3. The Morgan fingerprint density at radius 1 is 1.03 bits per heavy atom. The molecule has 2 aromatic rings. The third-order valence-corrected chi connectivity index (χ3v) is 7.49. The van der Waals surface area contributed by atoms with E-state index in [1.165, 1.54) is 0 Å². The summed E-state index contributed by atoms with van der Waals surface area (Å²) in [5.41, 5.74) is 2.13. The molecule has 1 heterocycles. The molecule has 0 N–H and O–H groups in total. The van der Waals surface area contributed by atoms with Crippen molar-refractivity contribution in [1.29, 1.82) is 0 Å². The number of benzene rings is 2. The monoisotopic (exact) mass is 414 g/mol. The molecule has 1 aliphatic heterocycles. The van der Waals surface area contributed by atoms with Crippen LogP contribution in [-0.2, 0) is 16.6 Å². The van der Waals surface area contributed by atoms with Gasteiger partial charge in [0.15, 0.2) is 0 Å². The summed E-state index contributed by atoms with van der Waals surface area (Å²) in [6.45, 7) is 7.31. The summed E-state index contributed by atoms with van der Waals surface area (Å²) in [6, 6.07) is 14.9. The van der Waals surface area contributed by atoms with Gasteiger partial charge in [-0.3, -0.25) is 4.79 Å². The normalized spacial score (nSPS) is 15.4. The molecule has 0 aliphatic carbocycles. The molecule has 1 aliphatic rings. The number of nitrogens with zero attached hydrogens (tertiary/aromatic N) is 2. The van der Waals surface area contributed by atoms with Crippen molar-refractivity contribution in [2.24, 2.45) is 0 Å². The van der Waals surface area contributed by atoms with Gasteiger partial charge < -0.3 is 4.90 Å². The van der Waals surface area contributed by atoms with Gasteiger partial charge in [-0.2, -0.15) is 4.31 Å². The first-order valence-corrected chi connectivity index (χ1v) is 11.7. The summed E-state index contributed by atoms with van der Waals surface area (Å²) in [6.07, 6.45) is 2.83. The van der Waals surface area contributed by atoms with Gasteiger partial charge in [0.2, 0.25) is 10.0 Å². The molecule has 3 rings (SSSR count). The number of carbonyl (C=O) groups excluding carboxylic acids is 1. The topological polar surface area (TPSA) is 57.7 Å². The second-order valence-electron chi connectivity index (χ2n) is 7.96. The first kappa shape index (κ1) is 21.5. The first-order chi connectivity index (χ1) is 13.8. The third kappa shape index (κ3) is 4.87. The highest BCUT2D eigenvalue weighted by molar-refractivity contribution is 7.89. The molecule has 0 atom stereocenters. The van der Waals surface area contributed by atoms with E-state index in [0.29, 0.717) is 30.8 Å². The summed E-state index contributed by atoms with van der Waals surface area (Å²) in [5, 5.41) is 0. The molecule has 156 valence electrons. The second-order valence-corrected chi connectivity index (χ2v) is 9.86.